The van der Waals surface area contributed by atoms with Gasteiger partial charge in [-0.05, 0) is 48.0 Å². The van der Waals surface area contributed by atoms with Crippen molar-refractivity contribution in [2.24, 2.45) is 0 Å². The second-order valence-electron chi connectivity index (χ2n) is 9.05. The number of H-pyrrole nitrogens is 2. The Morgan fingerprint density at radius 3 is 2.62 bits per heavy atom. The number of methoxy groups -OCH3 is 1. The molecule has 5 heterocycles. The highest BCUT2D eigenvalue weighted by Crippen LogP contribution is 2.34. The zero-order valence-electron chi connectivity index (χ0n) is 20.9. The molecule has 0 fully saturated rings. The number of hydrogen-bond acceptors (Lipinski definition) is 7. The average molecular weight is 544 g/mol. The lowest BCUT2D eigenvalue weighted by atomic mass is 10.0. The van der Waals surface area contributed by atoms with E-state index >= 15 is 0 Å². The van der Waals surface area contributed by atoms with Crippen LogP contribution in [0.25, 0.3) is 55.7 Å². The van der Waals surface area contributed by atoms with Crippen molar-refractivity contribution in [2.45, 2.75) is 6.54 Å². The van der Waals surface area contributed by atoms with Crippen molar-refractivity contribution in [3.05, 3.63) is 78.6 Å². The first-order valence-corrected chi connectivity index (χ1v) is 13.7. The molecule has 5 aromatic heterocycles. The van der Waals surface area contributed by atoms with Crippen molar-refractivity contribution in [2.75, 3.05) is 13.4 Å². The van der Waals surface area contributed by atoms with Gasteiger partial charge in [0.05, 0.1) is 31.0 Å². The predicted molar refractivity (Wildman–Crippen MR) is 146 cm³/mol. The summed E-state index contributed by atoms with van der Waals surface area (Å²) in [6.45, 7) is -0.0324. The van der Waals surface area contributed by atoms with E-state index in [2.05, 4.69) is 34.9 Å². The molecule has 0 aliphatic heterocycles. The van der Waals surface area contributed by atoms with E-state index in [9.17, 15) is 12.8 Å². The van der Waals surface area contributed by atoms with Crippen LogP contribution >= 0.6 is 0 Å². The Hall–Kier alpha value is -4.68. The van der Waals surface area contributed by atoms with Crippen LogP contribution in [-0.2, 0) is 16.6 Å². The second kappa shape index (κ2) is 9.57. The van der Waals surface area contributed by atoms with Gasteiger partial charge in [0.25, 0.3) is 0 Å². The van der Waals surface area contributed by atoms with E-state index in [1.54, 1.807) is 38.0 Å². The van der Waals surface area contributed by atoms with Crippen molar-refractivity contribution >= 4 is 32.0 Å². The maximum Gasteiger partial charge on any atom is 0.209 e. The molecule has 0 unspecified atom stereocenters. The standard InChI is InChI=1S/C27H22FN7O3S/c1-38-20-8-17(12-29-14-20)18-9-22-26(34-35-27(22)31-13-18)24-10-21-23(33-24)3-4-30-25(21)16-5-15(6-19(28)7-16)11-32-39(2,36)37/h3-10,12-14,32-33H,11H2,1-2H3,(H,31,34,35). The number of benzene rings is 1. The highest BCUT2D eigenvalue weighted by atomic mass is 32.2. The lowest BCUT2D eigenvalue weighted by molar-refractivity contribution is 0.413. The van der Waals surface area contributed by atoms with Gasteiger partial charge in [-0.3, -0.25) is 15.1 Å². The molecule has 0 saturated heterocycles. The minimum atomic E-state index is -3.43. The monoisotopic (exact) mass is 543 g/mol. The van der Waals surface area contributed by atoms with Gasteiger partial charge in [0.1, 0.15) is 17.3 Å². The maximum atomic E-state index is 14.5. The Kier molecular flexibility index (Phi) is 6.04. The third-order valence-electron chi connectivity index (χ3n) is 6.27. The van der Waals surface area contributed by atoms with Gasteiger partial charge < -0.3 is 9.72 Å². The summed E-state index contributed by atoms with van der Waals surface area (Å²) in [5.74, 6) is 0.152. The number of nitrogens with zero attached hydrogens (tertiary/aromatic N) is 4. The fraction of sp³-hybridized carbons (Fsp3) is 0.111. The lowest BCUT2D eigenvalue weighted by Crippen LogP contribution is -2.21. The maximum absolute atomic E-state index is 14.5. The molecular weight excluding hydrogens is 521 g/mol. The Morgan fingerprint density at radius 1 is 0.949 bits per heavy atom. The van der Waals surface area contributed by atoms with Gasteiger partial charge in [-0.25, -0.2) is 22.5 Å². The van der Waals surface area contributed by atoms with Crippen molar-refractivity contribution in [1.29, 1.82) is 0 Å². The van der Waals surface area contributed by atoms with E-state index in [0.29, 0.717) is 33.9 Å². The molecule has 10 nitrogen and oxygen atoms in total. The smallest absolute Gasteiger partial charge is 0.209 e. The first-order chi connectivity index (χ1) is 18.8. The van der Waals surface area contributed by atoms with Gasteiger partial charge >= 0.3 is 0 Å². The fourth-order valence-corrected chi connectivity index (χ4v) is 4.90. The molecule has 0 atom stereocenters. The number of sulfonamides is 1. The topological polar surface area (TPSA) is 139 Å². The number of nitrogens with one attached hydrogen (secondary N) is 3. The van der Waals surface area contributed by atoms with Crippen LogP contribution < -0.4 is 9.46 Å². The zero-order valence-corrected chi connectivity index (χ0v) is 21.7. The van der Waals surface area contributed by atoms with E-state index in [4.69, 9.17) is 4.74 Å². The minimum Gasteiger partial charge on any atom is -0.495 e. The van der Waals surface area contributed by atoms with Crippen LogP contribution in [-0.4, -0.2) is 51.9 Å². The summed E-state index contributed by atoms with van der Waals surface area (Å²) >= 11 is 0. The van der Waals surface area contributed by atoms with Crippen LogP contribution in [0.5, 0.6) is 5.75 Å². The number of hydrogen-bond donors (Lipinski definition) is 3. The number of aromatic amines is 2. The number of aromatic nitrogens is 6. The molecule has 3 N–H and O–H groups in total. The largest absolute Gasteiger partial charge is 0.495 e. The zero-order chi connectivity index (χ0) is 27.1. The molecule has 0 amide bonds. The quantitative estimate of drug-likeness (QED) is 0.271. The number of pyridine rings is 3. The van der Waals surface area contributed by atoms with Crippen LogP contribution in [0.2, 0.25) is 0 Å². The number of halogens is 1. The molecule has 0 aliphatic rings. The van der Waals surface area contributed by atoms with E-state index in [1.165, 1.54) is 12.1 Å². The summed E-state index contributed by atoms with van der Waals surface area (Å²) in [6, 6.07) is 12.0. The van der Waals surface area contributed by atoms with E-state index < -0.39 is 15.8 Å². The molecule has 0 saturated carbocycles. The molecule has 6 rings (SSSR count). The van der Waals surface area contributed by atoms with Crippen LogP contribution in [0.3, 0.4) is 0 Å². The van der Waals surface area contributed by atoms with E-state index in [1.807, 2.05) is 24.3 Å². The van der Waals surface area contributed by atoms with E-state index in [-0.39, 0.29) is 6.54 Å². The molecule has 39 heavy (non-hydrogen) atoms. The summed E-state index contributed by atoms with van der Waals surface area (Å²) in [4.78, 5) is 16.7. The van der Waals surface area contributed by atoms with Crippen molar-refractivity contribution in [3.63, 3.8) is 0 Å². The summed E-state index contributed by atoms with van der Waals surface area (Å²) in [7, 11) is -1.84. The van der Waals surface area contributed by atoms with Crippen molar-refractivity contribution in [3.8, 4) is 39.5 Å². The van der Waals surface area contributed by atoms with Gasteiger partial charge in [-0.2, -0.15) is 5.10 Å². The van der Waals surface area contributed by atoms with Gasteiger partial charge in [0.15, 0.2) is 5.65 Å². The highest BCUT2D eigenvalue weighted by molar-refractivity contribution is 7.88. The molecule has 0 bridgehead atoms. The molecule has 196 valence electrons. The SMILES string of the molecule is COc1cncc(-c2cnc3[nH]nc(-c4cc5c(-c6cc(F)cc(CNS(C)(=O)=O)c6)nccc5[nH]4)c3c2)c1. The van der Waals surface area contributed by atoms with Gasteiger partial charge in [0.2, 0.25) is 10.0 Å². The van der Waals surface area contributed by atoms with Crippen LogP contribution in [0.1, 0.15) is 5.56 Å². The van der Waals surface area contributed by atoms with Gasteiger partial charge in [0, 0.05) is 58.1 Å². The van der Waals surface area contributed by atoms with Crippen molar-refractivity contribution in [1.82, 2.24) is 34.9 Å². The fourth-order valence-electron chi connectivity index (χ4n) is 4.47. The van der Waals surface area contributed by atoms with Gasteiger partial charge in [-0.15, -0.1) is 0 Å². The number of fused-ring (bicyclic) bond motifs is 2. The minimum absolute atomic E-state index is 0.0324. The number of ether oxygens (including phenoxy) is 1. The normalized spacial score (nSPS) is 11.9. The second-order valence-corrected chi connectivity index (χ2v) is 10.9. The first kappa shape index (κ1) is 24.6. The Labute approximate surface area is 222 Å². The Bertz CT molecular complexity index is 1970. The Balaban J connectivity index is 1.42. The third kappa shape index (κ3) is 4.94. The summed E-state index contributed by atoms with van der Waals surface area (Å²) in [6.07, 6.45) is 7.81. The van der Waals surface area contributed by atoms with Gasteiger partial charge in [-0.1, -0.05) is 0 Å². The molecule has 0 radical (unpaired) electrons. The van der Waals surface area contributed by atoms with Crippen molar-refractivity contribution < 1.29 is 17.5 Å². The lowest BCUT2D eigenvalue weighted by Gasteiger charge is -2.08. The predicted octanol–water partition coefficient (Wildman–Crippen LogP) is 4.43. The third-order valence-corrected chi connectivity index (χ3v) is 6.94. The highest BCUT2D eigenvalue weighted by Gasteiger charge is 2.17. The van der Waals surface area contributed by atoms with Crippen LogP contribution in [0.15, 0.2) is 67.3 Å². The van der Waals surface area contributed by atoms with Crippen LogP contribution in [0.4, 0.5) is 4.39 Å². The summed E-state index contributed by atoms with van der Waals surface area (Å²) < 4.78 is 45.2. The molecule has 6 aromatic rings. The average Bonchev–Trinajstić information content (AvgIpc) is 3.55. The Morgan fingerprint density at radius 2 is 1.79 bits per heavy atom. The number of rotatable bonds is 7. The molecule has 0 aliphatic carbocycles. The summed E-state index contributed by atoms with van der Waals surface area (Å²) in [5.41, 5.74) is 6.06. The summed E-state index contributed by atoms with van der Waals surface area (Å²) in [5, 5.41) is 9.04. The first-order valence-electron chi connectivity index (χ1n) is 11.8. The van der Waals surface area contributed by atoms with E-state index in [0.717, 1.165) is 39.4 Å². The molecule has 12 heteroatoms. The van der Waals surface area contributed by atoms with Crippen LogP contribution in [0, 0.1) is 5.82 Å². The molecule has 0 spiro atoms. The molecular formula is C27H22FN7O3S. The molecule has 1 aromatic carbocycles.